The van der Waals surface area contributed by atoms with Crippen LogP contribution in [-0.2, 0) is 0 Å². The molecule has 0 saturated heterocycles. The van der Waals surface area contributed by atoms with Gasteiger partial charge in [0, 0.05) is 22.7 Å². The molecule has 0 radical (unpaired) electrons. The molecule has 0 bridgehead atoms. The average molecular weight is 218 g/mol. The number of nitrogens with two attached hydrogens (primary N) is 1. The Kier molecular flexibility index (Phi) is 4.76. The van der Waals surface area contributed by atoms with E-state index in [1.54, 1.807) is 13.2 Å². The second-order valence-electron chi connectivity index (χ2n) is 3.14. The molecule has 84 valence electrons. The fourth-order valence-corrected chi connectivity index (χ4v) is 1.21. The summed E-state index contributed by atoms with van der Waals surface area (Å²) in [4.78, 5) is 2.67. The molecule has 0 unspecified atom stereocenters. The van der Waals surface area contributed by atoms with E-state index in [1.165, 1.54) is 0 Å². The molecular formula is C11H14N4O. The highest BCUT2D eigenvalue weighted by molar-refractivity contribution is 5.66. The molecule has 0 aromatic heterocycles. The topological polar surface area (TPSA) is 84.0 Å². The first-order valence-corrected chi connectivity index (χ1v) is 4.89. The number of benzene rings is 1. The summed E-state index contributed by atoms with van der Waals surface area (Å²) in [7, 11) is 1.61. The van der Waals surface area contributed by atoms with Gasteiger partial charge in [-0.25, -0.2) is 0 Å². The first-order valence-electron chi connectivity index (χ1n) is 4.89. The molecule has 16 heavy (non-hydrogen) atoms. The maximum atomic E-state index is 8.09. The van der Waals surface area contributed by atoms with Crippen molar-refractivity contribution in [3.8, 4) is 5.75 Å². The lowest BCUT2D eigenvalue weighted by Crippen LogP contribution is -1.90. The molecule has 0 amide bonds. The van der Waals surface area contributed by atoms with Crippen molar-refractivity contribution >= 4 is 11.8 Å². The van der Waals surface area contributed by atoms with E-state index in [0.29, 0.717) is 18.7 Å². The van der Waals surface area contributed by atoms with Crippen molar-refractivity contribution in [3.63, 3.8) is 0 Å². The number of anilines is 1. The Morgan fingerprint density at radius 3 is 3.06 bits per heavy atom. The zero-order valence-corrected chi connectivity index (χ0v) is 9.13. The maximum absolute atomic E-state index is 8.09. The van der Waals surface area contributed by atoms with E-state index in [2.05, 4.69) is 10.0 Å². The van der Waals surface area contributed by atoms with Crippen molar-refractivity contribution < 1.29 is 4.74 Å². The number of nitrogens with zero attached hydrogens (tertiary/aromatic N) is 3. The molecule has 5 heteroatoms. The molecule has 0 aliphatic heterocycles. The van der Waals surface area contributed by atoms with Gasteiger partial charge in [0.25, 0.3) is 0 Å². The van der Waals surface area contributed by atoms with Gasteiger partial charge >= 0.3 is 0 Å². The van der Waals surface area contributed by atoms with Gasteiger partial charge < -0.3 is 10.5 Å². The summed E-state index contributed by atoms with van der Waals surface area (Å²) in [6, 6.07) is 5.47. The summed E-state index contributed by atoms with van der Waals surface area (Å²) in [6.07, 6.45) is 4.51. The Balaban J connectivity index is 2.67. The van der Waals surface area contributed by atoms with Crippen LogP contribution in [0.4, 0.5) is 5.69 Å². The summed E-state index contributed by atoms with van der Waals surface area (Å²) >= 11 is 0. The molecule has 0 aliphatic carbocycles. The van der Waals surface area contributed by atoms with Crippen molar-refractivity contribution in [1.29, 1.82) is 0 Å². The minimum atomic E-state index is 0.455. The van der Waals surface area contributed by atoms with Crippen molar-refractivity contribution in [2.45, 2.75) is 6.42 Å². The van der Waals surface area contributed by atoms with E-state index in [0.717, 1.165) is 11.3 Å². The molecular weight excluding hydrogens is 204 g/mol. The van der Waals surface area contributed by atoms with E-state index in [9.17, 15) is 0 Å². The van der Waals surface area contributed by atoms with Gasteiger partial charge in [-0.15, -0.1) is 0 Å². The Labute approximate surface area is 94.2 Å². The van der Waals surface area contributed by atoms with Gasteiger partial charge in [-0.1, -0.05) is 17.3 Å². The molecule has 0 fully saturated rings. The SMILES string of the molecule is COc1ccc(N)c(C=CCCN=[N+]=[N-])c1. The maximum Gasteiger partial charge on any atom is 0.119 e. The molecule has 0 heterocycles. The fraction of sp³-hybridized carbons (Fsp3) is 0.273. The highest BCUT2D eigenvalue weighted by atomic mass is 16.5. The van der Waals surface area contributed by atoms with Crippen LogP contribution >= 0.6 is 0 Å². The number of hydrogen-bond donors (Lipinski definition) is 1. The van der Waals surface area contributed by atoms with Crippen LogP contribution in [0.3, 0.4) is 0 Å². The van der Waals surface area contributed by atoms with Gasteiger partial charge in [-0.05, 0) is 30.2 Å². The number of ether oxygens (including phenoxy) is 1. The summed E-state index contributed by atoms with van der Waals surface area (Å²) in [5.74, 6) is 0.767. The van der Waals surface area contributed by atoms with Gasteiger partial charge in [0.1, 0.15) is 5.75 Å². The lowest BCUT2D eigenvalue weighted by atomic mass is 10.1. The van der Waals surface area contributed by atoms with E-state index < -0.39 is 0 Å². The molecule has 1 rings (SSSR count). The van der Waals surface area contributed by atoms with Crippen molar-refractivity contribution in [2.24, 2.45) is 5.11 Å². The van der Waals surface area contributed by atoms with E-state index in [1.807, 2.05) is 24.3 Å². The number of rotatable bonds is 5. The molecule has 0 saturated carbocycles. The standard InChI is InChI=1S/C11H14N4O/c1-16-10-5-6-11(12)9(8-10)4-2-3-7-14-15-13/h2,4-6,8H,3,7,12H2,1H3. The van der Waals surface area contributed by atoms with Crippen LogP contribution in [0.1, 0.15) is 12.0 Å². The fourth-order valence-electron chi connectivity index (χ4n) is 1.21. The predicted molar refractivity (Wildman–Crippen MR) is 65.1 cm³/mol. The third kappa shape index (κ3) is 3.55. The van der Waals surface area contributed by atoms with Crippen molar-refractivity contribution in [1.82, 2.24) is 0 Å². The first kappa shape index (κ1) is 11.9. The molecule has 2 N–H and O–H groups in total. The van der Waals surface area contributed by atoms with Gasteiger partial charge in [-0.3, -0.25) is 0 Å². The Morgan fingerprint density at radius 1 is 1.56 bits per heavy atom. The number of azide groups is 1. The van der Waals surface area contributed by atoms with Crippen LogP contribution in [0.2, 0.25) is 0 Å². The lowest BCUT2D eigenvalue weighted by molar-refractivity contribution is 0.415. The van der Waals surface area contributed by atoms with E-state index in [4.69, 9.17) is 16.0 Å². The quantitative estimate of drug-likeness (QED) is 0.271. The number of methoxy groups -OCH3 is 1. The summed E-state index contributed by atoms with van der Waals surface area (Å²) in [5.41, 5.74) is 15.5. The predicted octanol–water partition coefficient (Wildman–Crippen LogP) is 2.99. The highest BCUT2D eigenvalue weighted by Crippen LogP contribution is 2.20. The van der Waals surface area contributed by atoms with Crippen LogP contribution in [-0.4, -0.2) is 13.7 Å². The zero-order valence-electron chi connectivity index (χ0n) is 9.13. The van der Waals surface area contributed by atoms with E-state index >= 15 is 0 Å². The zero-order chi connectivity index (χ0) is 11.8. The second kappa shape index (κ2) is 6.37. The Morgan fingerprint density at radius 2 is 2.38 bits per heavy atom. The van der Waals surface area contributed by atoms with Crippen LogP contribution in [0.5, 0.6) is 5.75 Å². The van der Waals surface area contributed by atoms with Crippen LogP contribution in [0, 0.1) is 0 Å². The van der Waals surface area contributed by atoms with Gasteiger partial charge in [0.15, 0.2) is 0 Å². The third-order valence-corrected chi connectivity index (χ3v) is 2.05. The summed E-state index contributed by atoms with van der Waals surface area (Å²) in [6.45, 7) is 0.455. The molecule has 0 aliphatic rings. The molecule has 1 aromatic carbocycles. The number of hydrogen-bond acceptors (Lipinski definition) is 3. The van der Waals surface area contributed by atoms with Crippen molar-refractivity contribution in [2.75, 3.05) is 19.4 Å². The monoisotopic (exact) mass is 218 g/mol. The smallest absolute Gasteiger partial charge is 0.119 e. The molecule has 1 aromatic rings. The summed E-state index contributed by atoms with van der Waals surface area (Å²) in [5, 5.41) is 3.43. The average Bonchev–Trinajstić information content (AvgIpc) is 2.31. The molecule has 5 nitrogen and oxygen atoms in total. The Bertz CT molecular complexity index is 422. The normalized spacial score (nSPS) is 10.1. The van der Waals surface area contributed by atoms with Crippen LogP contribution in [0.25, 0.3) is 16.5 Å². The van der Waals surface area contributed by atoms with Gasteiger partial charge in [0.05, 0.1) is 7.11 Å². The first-order chi connectivity index (χ1) is 7.77. The van der Waals surface area contributed by atoms with Crippen LogP contribution < -0.4 is 10.5 Å². The lowest BCUT2D eigenvalue weighted by Gasteiger charge is -2.03. The second-order valence-corrected chi connectivity index (χ2v) is 3.14. The minimum absolute atomic E-state index is 0.455. The molecule has 0 atom stereocenters. The largest absolute Gasteiger partial charge is 0.497 e. The van der Waals surface area contributed by atoms with E-state index in [-0.39, 0.29) is 0 Å². The van der Waals surface area contributed by atoms with Crippen molar-refractivity contribution in [3.05, 3.63) is 40.3 Å². The third-order valence-electron chi connectivity index (χ3n) is 2.05. The van der Waals surface area contributed by atoms with Crippen LogP contribution in [0.15, 0.2) is 29.4 Å². The Hall–Kier alpha value is -2.13. The van der Waals surface area contributed by atoms with Gasteiger partial charge in [0.2, 0.25) is 0 Å². The number of nitrogen functional groups attached to an aromatic ring is 1. The summed E-state index contributed by atoms with van der Waals surface area (Å²) < 4.78 is 5.10. The highest BCUT2D eigenvalue weighted by Gasteiger charge is 1.97. The minimum Gasteiger partial charge on any atom is -0.497 e. The van der Waals surface area contributed by atoms with Gasteiger partial charge in [-0.2, -0.15) is 0 Å². The molecule has 0 spiro atoms.